The number of urea groups is 1. The number of hydrogen-bond donors (Lipinski definition) is 0. The fraction of sp³-hybridized carbons (Fsp3) is 0.529. The van der Waals surface area contributed by atoms with E-state index < -0.39 is 5.60 Å². The predicted octanol–water partition coefficient (Wildman–Crippen LogP) is 3.20. The monoisotopic (exact) mass is 351 g/mol. The highest BCUT2D eigenvalue weighted by Crippen LogP contribution is 2.27. The summed E-state index contributed by atoms with van der Waals surface area (Å²) in [6.45, 7) is 7.61. The average molecular weight is 352 g/mol. The summed E-state index contributed by atoms with van der Waals surface area (Å²) in [4.78, 5) is 30.1. The molecular weight excluding hydrogens is 330 g/mol. The predicted molar refractivity (Wildman–Crippen MR) is 92.5 cm³/mol. The zero-order chi connectivity index (χ0) is 17.5. The van der Waals surface area contributed by atoms with Gasteiger partial charge in [-0.05, 0) is 45.0 Å². The zero-order valence-corrected chi connectivity index (χ0v) is 14.9. The topological polar surface area (TPSA) is 53.1 Å². The summed E-state index contributed by atoms with van der Waals surface area (Å²) < 4.78 is 5.43. The third kappa shape index (κ3) is 3.43. The second kappa shape index (κ2) is 6.16. The molecule has 0 N–H and O–H groups in total. The van der Waals surface area contributed by atoms with Crippen LogP contribution in [-0.2, 0) is 4.74 Å². The minimum Gasteiger partial charge on any atom is -0.444 e. The summed E-state index contributed by atoms with van der Waals surface area (Å²) in [5, 5.41) is 0.638. The first-order valence-corrected chi connectivity index (χ1v) is 8.44. The van der Waals surface area contributed by atoms with Crippen molar-refractivity contribution in [2.75, 3.05) is 31.1 Å². The molecule has 1 unspecified atom stereocenters. The molecule has 0 saturated carbocycles. The van der Waals surface area contributed by atoms with Crippen molar-refractivity contribution in [3.05, 3.63) is 29.3 Å². The number of ether oxygens (including phenoxy) is 1. The van der Waals surface area contributed by atoms with Gasteiger partial charge in [0.25, 0.3) is 0 Å². The molecular formula is C17H22ClN3O3. The van der Waals surface area contributed by atoms with Crippen LogP contribution in [0.3, 0.4) is 0 Å². The minimum atomic E-state index is -0.519. The number of benzene rings is 1. The molecule has 0 spiro atoms. The molecule has 1 aromatic carbocycles. The van der Waals surface area contributed by atoms with E-state index in [4.69, 9.17) is 16.3 Å². The fourth-order valence-electron chi connectivity index (χ4n) is 3.04. The third-order valence-corrected chi connectivity index (χ3v) is 4.39. The van der Waals surface area contributed by atoms with Crippen molar-refractivity contribution in [1.82, 2.24) is 9.80 Å². The number of anilines is 1. The summed E-state index contributed by atoms with van der Waals surface area (Å²) in [5.74, 6) is 0. The summed E-state index contributed by atoms with van der Waals surface area (Å²) in [6.07, 6.45) is -0.320. The molecule has 0 aliphatic carbocycles. The van der Waals surface area contributed by atoms with Crippen LogP contribution in [0.1, 0.15) is 20.8 Å². The maximum Gasteiger partial charge on any atom is 0.410 e. The van der Waals surface area contributed by atoms with E-state index in [2.05, 4.69) is 0 Å². The van der Waals surface area contributed by atoms with E-state index in [9.17, 15) is 9.59 Å². The van der Waals surface area contributed by atoms with Crippen LogP contribution in [0.2, 0.25) is 5.02 Å². The Labute approximate surface area is 146 Å². The summed E-state index contributed by atoms with van der Waals surface area (Å²) in [6, 6.07) is 7.18. The van der Waals surface area contributed by atoms with Gasteiger partial charge >= 0.3 is 12.1 Å². The second-order valence-corrected chi connectivity index (χ2v) is 7.58. The minimum absolute atomic E-state index is 0.0190. The van der Waals surface area contributed by atoms with Crippen LogP contribution in [0.5, 0.6) is 0 Å². The fourth-order valence-corrected chi connectivity index (χ4v) is 3.16. The van der Waals surface area contributed by atoms with Crippen LogP contribution in [0.4, 0.5) is 15.3 Å². The van der Waals surface area contributed by atoms with Crippen molar-refractivity contribution in [1.29, 1.82) is 0 Å². The number of fused-ring (bicyclic) bond motifs is 1. The van der Waals surface area contributed by atoms with E-state index in [0.29, 0.717) is 31.2 Å². The average Bonchev–Trinajstić information content (AvgIpc) is 2.83. The molecule has 2 fully saturated rings. The quantitative estimate of drug-likeness (QED) is 0.780. The van der Waals surface area contributed by atoms with Crippen LogP contribution in [0, 0.1) is 0 Å². The number of hydrogen-bond acceptors (Lipinski definition) is 3. The van der Waals surface area contributed by atoms with E-state index in [1.807, 2.05) is 37.8 Å². The Balaban J connectivity index is 1.69. The standard InChI is InChI=1S/C17H22ClN3O3/c1-17(2,3)24-16(23)19-8-9-20-14(10-19)11-21(15(20)22)13-6-4-12(18)5-7-13/h4-7,14H,8-11H2,1-3H3. The Hall–Kier alpha value is -1.95. The highest BCUT2D eigenvalue weighted by Gasteiger charge is 2.42. The summed E-state index contributed by atoms with van der Waals surface area (Å²) in [5.41, 5.74) is 0.303. The zero-order valence-electron chi connectivity index (χ0n) is 14.2. The smallest absolute Gasteiger partial charge is 0.410 e. The maximum absolute atomic E-state index is 12.6. The third-order valence-electron chi connectivity index (χ3n) is 4.14. The molecule has 2 heterocycles. The van der Waals surface area contributed by atoms with Crippen LogP contribution in [0.25, 0.3) is 0 Å². The van der Waals surface area contributed by atoms with Crippen LogP contribution < -0.4 is 4.90 Å². The lowest BCUT2D eigenvalue weighted by atomic mass is 10.2. The number of carbonyl (C=O) groups is 2. The van der Waals surface area contributed by atoms with Gasteiger partial charge in [0.1, 0.15) is 5.60 Å². The lowest BCUT2D eigenvalue weighted by molar-refractivity contribution is 0.0128. The molecule has 2 aliphatic rings. The van der Waals surface area contributed by atoms with Gasteiger partial charge in [0.15, 0.2) is 0 Å². The van der Waals surface area contributed by atoms with Gasteiger partial charge in [-0.3, -0.25) is 4.90 Å². The molecule has 0 aromatic heterocycles. The Morgan fingerprint density at radius 3 is 2.46 bits per heavy atom. The van der Waals surface area contributed by atoms with E-state index in [-0.39, 0.29) is 18.2 Å². The lowest BCUT2D eigenvalue weighted by Gasteiger charge is -2.36. The molecule has 1 aromatic rings. The highest BCUT2D eigenvalue weighted by molar-refractivity contribution is 6.30. The first kappa shape index (κ1) is 16.9. The Kier molecular flexibility index (Phi) is 4.34. The number of nitrogens with zero attached hydrogens (tertiary/aromatic N) is 3. The molecule has 7 heteroatoms. The molecule has 3 rings (SSSR count). The molecule has 0 bridgehead atoms. The van der Waals surface area contributed by atoms with Gasteiger partial charge in [0, 0.05) is 36.9 Å². The Morgan fingerprint density at radius 2 is 1.83 bits per heavy atom. The number of amides is 3. The highest BCUT2D eigenvalue weighted by atomic mass is 35.5. The summed E-state index contributed by atoms with van der Waals surface area (Å²) >= 11 is 5.91. The van der Waals surface area contributed by atoms with Gasteiger partial charge in [-0.1, -0.05) is 11.6 Å². The molecule has 0 radical (unpaired) electrons. The molecule has 2 saturated heterocycles. The van der Waals surface area contributed by atoms with Gasteiger partial charge in [-0.25, -0.2) is 9.59 Å². The van der Waals surface area contributed by atoms with Crippen LogP contribution in [-0.4, -0.2) is 59.7 Å². The largest absolute Gasteiger partial charge is 0.444 e. The normalized spacial score (nSPS) is 21.1. The van der Waals surface area contributed by atoms with Gasteiger partial charge in [0.05, 0.1) is 6.04 Å². The summed E-state index contributed by atoms with van der Waals surface area (Å²) in [7, 11) is 0. The van der Waals surface area contributed by atoms with Crippen molar-refractivity contribution >= 4 is 29.4 Å². The lowest BCUT2D eigenvalue weighted by Crippen LogP contribution is -2.54. The van der Waals surface area contributed by atoms with Gasteiger partial charge in [0.2, 0.25) is 0 Å². The van der Waals surface area contributed by atoms with Crippen molar-refractivity contribution in [2.45, 2.75) is 32.4 Å². The number of carbonyl (C=O) groups excluding carboxylic acids is 2. The molecule has 130 valence electrons. The maximum atomic E-state index is 12.6. The molecule has 3 amide bonds. The van der Waals surface area contributed by atoms with E-state index in [1.165, 1.54) is 0 Å². The molecule has 6 nitrogen and oxygen atoms in total. The Morgan fingerprint density at radius 1 is 1.17 bits per heavy atom. The SMILES string of the molecule is CC(C)(C)OC(=O)N1CCN2C(=O)N(c3ccc(Cl)cc3)CC2C1. The number of rotatable bonds is 1. The first-order valence-electron chi connectivity index (χ1n) is 8.06. The van der Waals surface area contributed by atoms with Gasteiger partial charge < -0.3 is 14.5 Å². The van der Waals surface area contributed by atoms with Crippen LogP contribution >= 0.6 is 11.6 Å². The van der Waals surface area contributed by atoms with Gasteiger partial charge in [-0.2, -0.15) is 0 Å². The van der Waals surface area contributed by atoms with E-state index in [1.54, 1.807) is 21.9 Å². The van der Waals surface area contributed by atoms with Crippen molar-refractivity contribution < 1.29 is 14.3 Å². The second-order valence-electron chi connectivity index (χ2n) is 7.14. The number of halogens is 1. The molecule has 2 aliphatic heterocycles. The van der Waals surface area contributed by atoms with Gasteiger partial charge in [-0.15, -0.1) is 0 Å². The molecule has 24 heavy (non-hydrogen) atoms. The van der Waals surface area contributed by atoms with Crippen molar-refractivity contribution in [3.8, 4) is 0 Å². The number of piperazine rings is 1. The Bertz CT molecular complexity index is 641. The van der Waals surface area contributed by atoms with E-state index >= 15 is 0 Å². The van der Waals surface area contributed by atoms with Crippen molar-refractivity contribution in [2.24, 2.45) is 0 Å². The van der Waals surface area contributed by atoms with Crippen LogP contribution in [0.15, 0.2) is 24.3 Å². The van der Waals surface area contributed by atoms with E-state index in [0.717, 1.165) is 5.69 Å². The molecule has 1 atom stereocenters. The van der Waals surface area contributed by atoms with Crippen molar-refractivity contribution in [3.63, 3.8) is 0 Å². The first-order chi connectivity index (χ1) is 11.2.